The number of rotatable bonds is 4. The third-order valence-corrected chi connectivity index (χ3v) is 5.18. The van der Waals surface area contributed by atoms with E-state index in [0.717, 1.165) is 29.7 Å². The van der Waals surface area contributed by atoms with Crippen LogP contribution < -0.4 is 0 Å². The average Bonchev–Trinajstić information content (AvgIpc) is 2.72. The SMILES string of the molecule is CC(C)C(CS)CN1CC2CCCN2CC1C. The summed E-state index contributed by atoms with van der Waals surface area (Å²) >= 11 is 4.52. The van der Waals surface area contributed by atoms with Gasteiger partial charge in [-0.1, -0.05) is 13.8 Å². The minimum absolute atomic E-state index is 0.727. The van der Waals surface area contributed by atoms with Gasteiger partial charge in [0, 0.05) is 31.7 Å². The monoisotopic (exact) mass is 256 g/mol. The third-order valence-electron chi connectivity index (χ3n) is 4.71. The Balaban J connectivity index is 1.91. The van der Waals surface area contributed by atoms with E-state index in [9.17, 15) is 0 Å². The molecule has 0 aromatic carbocycles. The standard InChI is InChI=1S/C14H28N2S/c1-11(2)13(10-17)8-16-9-14-5-4-6-15(14)7-12(16)3/h11-14,17H,4-10H2,1-3H3. The van der Waals surface area contributed by atoms with Gasteiger partial charge in [-0.05, 0) is 43.9 Å². The highest BCUT2D eigenvalue weighted by Gasteiger charge is 2.35. The van der Waals surface area contributed by atoms with E-state index in [1.54, 1.807) is 0 Å². The van der Waals surface area contributed by atoms with Crippen LogP contribution in [0.15, 0.2) is 0 Å². The molecule has 2 nitrogen and oxygen atoms in total. The maximum absolute atomic E-state index is 4.52. The maximum atomic E-state index is 4.52. The summed E-state index contributed by atoms with van der Waals surface area (Å²) in [5.74, 6) is 2.52. The van der Waals surface area contributed by atoms with Crippen LogP contribution in [-0.4, -0.2) is 53.8 Å². The molecule has 0 aliphatic carbocycles. The van der Waals surface area contributed by atoms with Crippen molar-refractivity contribution in [3.05, 3.63) is 0 Å². The molecule has 17 heavy (non-hydrogen) atoms. The van der Waals surface area contributed by atoms with E-state index >= 15 is 0 Å². The fraction of sp³-hybridized carbons (Fsp3) is 1.00. The Kier molecular flexibility index (Phi) is 4.79. The molecule has 3 heteroatoms. The van der Waals surface area contributed by atoms with Crippen molar-refractivity contribution < 1.29 is 0 Å². The molecule has 0 spiro atoms. The summed E-state index contributed by atoms with van der Waals surface area (Å²) in [6.45, 7) is 12.2. The van der Waals surface area contributed by atoms with E-state index in [1.165, 1.54) is 39.0 Å². The van der Waals surface area contributed by atoms with Crippen molar-refractivity contribution >= 4 is 12.6 Å². The molecule has 2 heterocycles. The Labute approximate surface area is 112 Å². The van der Waals surface area contributed by atoms with Crippen molar-refractivity contribution in [2.75, 3.05) is 31.9 Å². The summed E-state index contributed by atoms with van der Waals surface area (Å²) < 4.78 is 0. The molecule has 2 fully saturated rings. The number of thiol groups is 1. The van der Waals surface area contributed by atoms with Crippen molar-refractivity contribution in [1.29, 1.82) is 0 Å². The quantitative estimate of drug-likeness (QED) is 0.772. The number of fused-ring (bicyclic) bond motifs is 1. The Morgan fingerprint density at radius 3 is 2.71 bits per heavy atom. The van der Waals surface area contributed by atoms with Gasteiger partial charge in [0.1, 0.15) is 0 Å². The maximum Gasteiger partial charge on any atom is 0.0224 e. The zero-order valence-electron chi connectivity index (χ0n) is 11.6. The van der Waals surface area contributed by atoms with E-state index in [4.69, 9.17) is 0 Å². The highest BCUT2D eigenvalue weighted by molar-refractivity contribution is 7.80. The zero-order valence-corrected chi connectivity index (χ0v) is 12.5. The highest BCUT2D eigenvalue weighted by atomic mass is 32.1. The predicted molar refractivity (Wildman–Crippen MR) is 77.8 cm³/mol. The number of piperazine rings is 1. The molecular formula is C14H28N2S. The first kappa shape index (κ1) is 13.7. The first-order valence-electron chi connectivity index (χ1n) is 7.20. The molecular weight excluding hydrogens is 228 g/mol. The van der Waals surface area contributed by atoms with Crippen LogP contribution in [0.1, 0.15) is 33.6 Å². The molecule has 2 saturated heterocycles. The first-order valence-corrected chi connectivity index (χ1v) is 7.84. The zero-order chi connectivity index (χ0) is 12.4. The van der Waals surface area contributed by atoms with Crippen molar-refractivity contribution in [3.8, 4) is 0 Å². The number of hydrogen-bond acceptors (Lipinski definition) is 3. The Morgan fingerprint density at radius 2 is 2.06 bits per heavy atom. The Bertz CT molecular complexity index is 244. The predicted octanol–water partition coefficient (Wildman–Crippen LogP) is 2.36. The third kappa shape index (κ3) is 3.18. The van der Waals surface area contributed by atoms with Gasteiger partial charge in [0.05, 0.1) is 0 Å². The van der Waals surface area contributed by atoms with E-state index in [2.05, 4.69) is 43.2 Å². The summed E-state index contributed by atoms with van der Waals surface area (Å²) in [4.78, 5) is 5.42. The van der Waals surface area contributed by atoms with Crippen LogP contribution in [0, 0.1) is 11.8 Å². The van der Waals surface area contributed by atoms with Gasteiger partial charge in [-0.25, -0.2) is 0 Å². The molecule has 3 unspecified atom stereocenters. The topological polar surface area (TPSA) is 6.48 Å². The second kappa shape index (κ2) is 5.94. The van der Waals surface area contributed by atoms with Crippen LogP contribution in [0.2, 0.25) is 0 Å². The summed E-state index contributed by atoms with van der Waals surface area (Å²) in [7, 11) is 0. The van der Waals surface area contributed by atoms with E-state index in [0.29, 0.717) is 0 Å². The fourth-order valence-corrected chi connectivity index (χ4v) is 3.82. The normalized spacial score (nSPS) is 33.0. The van der Waals surface area contributed by atoms with Gasteiger partial charge in [0.15, 0.2) is 0 Å². The van der Waals surface area contributed by atoms with Crippen molar-refractivity contribution in [1.82, 2.24) is 9.80 Å². The van der Waals surface area contributed by atoms with E-state index in [1.807, 2.05) is 0 Å². The molecule has 0 N–H and O–H groups in total. The van der Waals surface area contributed by atoms with Crippen LogP contribution in [-0.2, 0) is 0 Å². The molecule has 0 aromatic heterocycles. The van der Waals surface area contributed by atoms with Crippen LogP contribution in [0.5, 0.6) is 0 Å². The van der Waals surface area contributed by atoms with Crippen molar-refractivity contribution in [3.63, 3.8) is 0 Å². The van der Waals surface area contributed by atoms with Crippen molar-refractivity contribution in [2.45, 2.75) is 45.7 Å². The van der Waals surface area contributed by atoms with Gasteiger partial charge < -0.3 is 0 Å². The highest BCUT2D eigenvalue weighted by Crippen LogP contribution is 2.26. The summed E-state index contributed by atoms with van der Waals surface area (Å²) in [5.41, 5.74) is 0. The van der Waals surface area contributed by atoms with Gasteiger partial charge in [0.25, 0.3) is 0 Å². The van der Waals surface area contributed by atoms with Crippen LogP contribution in [0.3, 0.4) is 0 Å². The van der Waals surface area contributed by atoms with Crippen LogP contribution >= 0.6 is 12.6 Å². The molecule has 0 bridgehead atoms. The molecule has 0 amide bonds. The molecule has 0 saturated carbocycles. The Morgan fingerprint density at radius 1 is 1.29 bits per heavy atom. The lowest BCUT2D eigenvalue weighted by molar-refractivity contribution is 0.0455. The second-order valence-corrected chi connectivity index (χ2v) is 6.65. The van der Waals surface area contributed by atoms with Gasteiger partial charge in [-0.3, -0.25) is 9.80 Å². The molecule has 100 valence electrons. The minimum Gasteiger partial charge on any atom is -0.298 e. The number of hydrogen-bond donors (Lipinski definition) is 1. The summed E-state index contributed by atoms with van der Waals surface area (Å²) in [6, 6.07) is 1.57. The lowest BCUT2D eigenvalue weighted by atomic mass is 9.95. The molecule has 0 aromatic rings. The van der Waals surface area contributed by atoms with Crippen LogP contribution in [0.4, 0.5) is 0 Å². The van der Waals surface area contributed by atoms with Gasteiger partial charge in [-0.15, -0.1) is 0 Å². The van der Waals surface area contributed by atoms with E-state index in [-0.39, 0.29) is 0 Å². The van der Waals surface area contributed by atoms with E-state index < -0.39 is 0 Å². The number of nitrogens with zero attached hydrogens (tertiary/aromatic N) is 2. The smallest absolute Gasteiger partial charge is 0.0224 e. The second-order valence-electron chi connectivity index (χ2n) is 6.28. The molecule has 2 aliphatic rings. The first-order chi connectivity index (χ1) is 8.11. The van der Waals surface area contributed by atoms with Gasteiger partial charge >= 0.3 is 0 Å². The summed E-state index contributed by atoms with van der Waals surface area (Å²) in [6.07, 6.45) is 2.82. The minimum atomic E-state index is 0.727. The lowest BCUT2D eigenvalue weighted by Crippen LogP contribution is -2.56. The van der Waals surface area contributed by atoms with Crippen LogP contribution in [0.25, 0.3) is 0 Å². The molecule has 0 radical (unpaired) electrons. The summed E-state index contributed by atoms with van der Waals surface area (Å²) in [5, 5.41) is 0. The molecule has 2 rings (SSSR count). The largest absolute Gasteiger partial charge is 0.298 e. The molecule has 3 atom stereocenters. The fourth-order valence-electron chi connectivity index (χ4n) is 3.28. The Hall–Kier alpha value is 0.270. The lowest BCUT2D eigenvalue weighted by Gasteiger charge is -2.44. The van der Waals surface area contributed by atoms with Gasteiger partial charge in [-0.2, -0.15) is 12.6 Å². The molecule has 2 aliphatic heterocycles. The van der Waals surface area contributed by atoms with Gasteiger partial charge in [0.2, 0.25) is 0 Å². The average molecular weight is 256 g/mol. The van der Waals surface area contributed by atoms with Crippen molar-refractivity contribution in [2.24, 2.45) is 11.8 Å².